The summed E-state index contributed by atoms with van der Waals surface area (Å²) < 4.78 is 57.6. The third-order valence-electron chi connectivity index (χ3n) is 5.83. The lowest BCUT2D eigenvalue weighted by molar-refractivity contribution is -0.137. The van der Waals surface area contributed by atoms with Gasteiger partial charge in [0.25, 0.3) is 5.91 Å². The molecule has 2 aromatic carbocycles. The van der Waals surface area contributed by atoms with Crippen molar-refractivity contribution in [1.29, 1.82) is 0 Å². The molecule has 0 bridgehead atoms. The molecule has 0 aliphatic rings. The fourth-order valence-corrected chi connectivity index (χ4v) is 4.08. The van der Waals surface area contributed by atoms with Crippen molar-refractivity contribution in [2.45, 2.75) is 13.1 Å². The van der Waals surface area contributed by atoms with E-state index in [4.69, 9.17) is 0 Å². The Kier molecular flexibility index (Phi) is 6.19. The molecule has 0 aliphatic carbocycles. The maximum Gasteiger partial charge on any atom is 0.417 e. The van der Waals surface area contributed by atoms with Gasteiger partial charge in [-0.3, -0.25) is 14.0 Å². The van der Waals surface area contributed by atoms with E-state index in [2.05, 4.69) is 20.3 Å². The average Bonchev–Trinajstić information content (AvgIpc) is 3.34. The highest BCUT2D eigenvalue weighted by molar-refractivity contribution is 6.10. The molecule has 3 aromatic heterocycles. The van der Waals surface area contributed by atoms with Gasteiger partial charge in [-0.25, -0.2) is 19.3 Å². The minimum atomic E-state index is -4.92. The summed E-state index contributed by atoms with van der Waals surface area (Å²) in [7, 11) is 0. The predicted molar refractivity (Wildman–Crippen MR) is 131 cm³/mol. The summed E-state index contributed by atoms with van der Waals surface area (Å²) in [6.07, 6.45) is 0.508. The quantitative estimate of drug-likeness (QED) is 0.225. The lowest BCUT2D eigenvalue weighted by atomic mass is 10.0. The Balaban J connectivity index is 1.66. The van der Waals surface area contributed by atoms with Gasteiger partial charge in [-0.05, 0) is 29.8 Å². The van der Waals surface area contributed by atoms with E-state index in [0.29, 0.717) is 11.1 Å². The molecule has 7 nitrogen and oxygen atoms in total. The summed E-state index contributed by atoms with van der Waals surface area (Å²) in [6.45, 7) is 1.36. The van der Waals surface area contributed by atoms with Crippen LogP contribution in [0.1, 0.15) is 33.3 Å². The van der Waals surface area contributed by atoms with Crippen LogP contribution < -0.4 is 5.32 Å². The molecule has 1 N–H and O–H groups in total. The third kappa shape index (κ3) is 4.49. The highest BCUT2D eigenvalue weighted by Gasteiger charge is 2.36. The second-order valence-corrected chi connectivity index (χ2v) is 8.27. The van der Waals surface area contributed by atoms with E-state index in [-0.39, 0.29) is 34.7 Å². The molecule has 0 atom stereocenters. The van der Waals surface area contributed by atoms with Crippen LogP contribution in [0.3, 0.4) is 0 Å². The van der Waals surface area contributed by atoms with Crippen molar-refractivity contribution in [3.05, 3.63) is 102 Å². The van der Waals surface area contributed by atoms with Crippen LogP contribution in [0.4, 0.5) is 23.2 Å². The zero-order valence-corrected chi connectivity index (χ0v) is 19.6. The number of nitrogens with one attached hydrogen (secondary N) is 1. The number of Topliss-reactive ketones (excluding diaryl/α,β-unsaturated/α-hetero) is 1. The molecule has 0 saturated heterocycles. The molecule has 11 heteroatoms. The number of alkyl halides is 3. The second-order valence-electron chi connectivity index (χ2n) is 8.27. The number of rotatable bonds is 5. The Morgan fingerprint density at radius 2 is 1.63 bits per heavy atom. The van der Waals surface area contributed by atoms with Crippen molar-refractivity contribution in [3.8, 4) is 22.5 Å². The van der Waals surface area contributed by atoms with E-state index in [1.54, 1.807) is 42.6 Å². The molecule has 0 saturated carbocycles. The molecule has 1 amide bonds. The number of aromatic nitrogens is 4. The number of carbonyl (C=O) groups is 2. The predicted octanol–water partition coefficient (Wildman–Crippen LogP) is 6.07. The van der Waals surface area contributed by atoms with Gasteiger partial charge in [0, 0.05) is 36.6 Å². The van der Waals surface area contributed by atoms with Crippen LogP contribution in [-0.4, -0.2) is 31.0 Å². The summed E-state index contributed by atoms with van der Waals surface area (Å²) in [6, 6.07) is 13.0. The van der Waals surface area contributed by atoms with Crippen LogP contribution in [-0.2, 0) is 6.18 Å². The van der Waals surface area contributed by atoms with Gasteiger partial charge in [-0.1, -0.05) is 30.3 Å². The summed E-state index contributed by atoms with van der Waals surface area (Å²) in [5.74, 6) is -3.00. The number of amides is 1. The van der Waals surface area contributed by atoms with Crippen LogP contribution in [0.15, 0.2) is 79.4 Å². The van der Waals surface area contributed by atoms with Crippen molar-refractivity contribution >= 4 is 23.0 Å². The number of imidazole rings is 1. The molecule has 5 rings (SSSR count). The van der Waals surface area contributed by atoms with Crippen LogP contribution in [0, 0.1) is 5.82 Å². The molecule has 190 valence electrons. The van der Waals surface area contributed by atoms with E-state index >= 15 is 4.39 Å². The van der Waals surface area contributed by atoms with Gasteiger partial charge in [0.2, 0.25) is 0 Å². The first-order valence-electron chi connectivity index (χ1n) is 11.2. The maximum atomic E-state index is 15.0. The smallest absolute Gasteiger partial charge is 0.318 e. The van der Waals surface area contributed by atoms with Gasteiger partial charge in [-0.15, -0.1) is 0 Å². The van der Waals surface area contributed by atoms with Crippen LogP contribution >= 0.6 is 0 Å². The largest absolute Gasteiger partial charge is 0.417 e. The van der Waals surface area contributed by atoms with E-state index in [1.807, 2.05) is 0 Å². The highest BCUT2D eigenvalue weighted by Crippen LogP contribution is 2.38. The number of ketones is 1. The van der Waals surface area contributed by atoms with Crippen LogP contribution in [0.25, 0.3) is 28.2 Å². The first kappa shape index (κ1) is 24.8. The molecular weight excluding hydrogens is 502 g/mol. The highest BCUT2D eigenvalue weighted by atomic mass is 19.4. The minimum absolute atomic E-state index is 0.146. The number of hydrogen-bond acceptors (Lipinski definition) is 5. The fraction of sp³-hybridized carbons (Fsp3) is 0.0741. The zero-order valence-electron chi connectivity index (χ0n) is 19.6. The summed E-state index contributed by atoms with van der Waals surface area (Å²) >= 11 is 0. The number of pyridine rings is 1. The molecule has 0 aliphatic heterocycles. The number of carbonyl (C=O) groups excluding carboxylic acids is 2. The number of fused-ring (bicyclic) bond motifs is 1. The van der Waals surface area contributed by atoms with Gasteiger partial charge in [0.1, 0.15) is 11.5 Å². The molecule has 0 unspecified atom stereocenters. The molecular formula is C27H17F4N5O2. The Hall–Kier alpha value is -4.93. The van der Waals surface area contributed by atoms with Crippen molar-refractivity contribution in [2.24, 2.45) is 0 Å². The van der Waals surface area contributed by atoms with Crippen LogP contribution in [0.2, 0.25) is 0 Å². The van der Waals surface area contributed by atoms with Gasteiger partial charge >= 0.3 is 6.18 Å². The zero-order chi connectivity index (χ0) is 27.0. The Bertz CT molecular complexity index is 1680. The maximum absolute atomic E-state index is 15.0. The third-order valence-corrected chi connectivity index (χ3v) is 5.83. The average molecular weight is 519 g/mol. The normalized spacial score (nSPS) is 11.5. The minimum Gasteiger partial charge on any atom is -0.318 e. The van der Waals surface area contributed by atoms with Gasteiger partial charge in [0.15, 0.2) is 17.3 Å². The number of nitrogens with zero attached hydrogens (tertiary/aromatic N) is 4. The molecule has 0 radical (unpaired) electrons. The molecule has 38 heavy (non-hydrogen) atoms. The number of anilines is 1. The Morgan fingerprint density at radius 1 is 0.921 bits per heavy atom. The molecule has 5 aromatic rings. The van der Waals surface area contributed by atoms with Gasteiger partial charge < -0.3 is 5.32 Å². The van der Waals surface area contributed by atoms with Gasteiger partial charge in [-0.2, -0.15) is 13.2 Å². The second kappa shape index (κ2) is 9.51. The summed E-state index contributed by atoms with van der Waals surface area (Å²) in [5, 5.41) is 2.60. The number of benzene rings is 2. The van der Waals surface area contributed by atoms with Gasteiger partial charge in [0.05, 0.1) is 23.0 Å². The van der Waals surface area contributed by atoms with Crippen molar-refractivity contribution in [1.82, 2.24) is 19.4 Å². The van der Waals surface area contributed by atoms with E-state index < -0.39 is 34.6 Å². The summed E-state index contributed by atoms with van der Waals surface area (Å²) in [5.41, 5.74) is -0.735. The molecule has 3 heterocycles. The monoisotopic (exact) mass is 519 g/mol. The van der Waals surface area contributed by atoms with Crippen molar-refractivity contribution in [3.63, 3.8) is 0 Å². The topological polar surface area (TPSA) is 89.2 Å². The Labute approximate surface area is 212 Å². The first-order chi connectivity index (χ1) is 18.1. The van der Waals surface area contributed by atoms with E-state index in [9.17, 15) is 22.8 Å². The van der Waals surface area contributed by atoms with Crippen molar-refractivity contribution < 1.29 is 27.2 Å². The summed E-state index contributed by atoms with van der Waals surface area (Å²) in [4.78, 5) is 37.4. The van der Waals surface area contributed by atoms with E-state index in [0.717, 1.165) is 6.07 Å². The lowest BCUT2D eigenvalue weighted by Crippen LogP contribution is -2.18. The molecule has 0 spiro atoms. The number of hydrogen-bond donors (Lipinski definition) is 1. The Morgan fingerprint density at radius 3 is 2.29 bits per heavy atom. The first-order valence-corrected chi connectivity index (χ1v) is 11.2. The lowest BCUT2D eigenvalue weighted by Gasteiger charge is -2.16. The molecule has 0 fully saturated rings. The van der Waals surface area contributed by atoms with E-state index in [1.165, 1.54) is 36.0 Å². The number of halogens is 4. The fourth-order valence-electron chi connectivity index (χ4n) is 4.08. The van der Waals surface area contributed by atoms with Crippen molar-refractivity contribution in [2.75, 3.05) is 5.32 Å². The SMILES string of the molecule is CC(=O)c1cnc2c(NC(=O)c3cc(-c4ncccn4)c(C(F)(F)F)cc3F)c(-c3ccccc3)ccn12. The standard InChI is InChI=1S/C27H17F4N5O2/c1-15(37)22-14-34-25-23(17(8-11-36(22)25)16-6-3-2-4-7-16)35-26(38)19-12-18(24-32-9-5-10-33-24)20(13-21(19)28)27(29,30)31/h2-14H,1H3,(H,35,38). The van der Waals surface area contributed by atoms with Crippen LogP contribution in [0.5, 0.6) is 0 Å².